The summed E-state index contributed by atoms with van der Waals surface area (Å²) < 4.78 is 9.08. The van der Waals surface area contributed by atoms with Gasteiger partial charge in [-0.3, -0.25) is 24.3 Å². The number of nitro groups is 1. The van der Waals surface area contributed by atoms with Crippen LogP contribution in [0.15, 0.2) is 57.8 Å². The summed E-state index contributed by atoms with van der Waals surface area (Å²) in [7, 11) is 0. The van der Waals surface area contributed by atoms with Gasteiger partial charge in [0.1, 0.15) is 18.2 Å². The summed E-state index contributed by atoms with van der Waals surface area (Å²) >= 11 is 15.5. The minimum absolute atomic E-state index is 0.0591. The van der Waals surface area contributed by atoms with Crippen molar-refractivity contribution in [1.82, 2.24) is 19.6 Å². The van der Waals surface area contributed by atoms with E-state index in [1.165, 1.54) is 16.9 Å². The van der Waals surface area contributed by atoms with Gasteiger partial charge in [-0.2, -0.15) is 10.2 Å². The average Bonchev–Trinajstić information content (AvgIpc) is 3.46. The Hall–Kier alpha value is -3.15. The number of furan rings is 1. The van der Waals surface area contributed by atoms with Crippen LogP contribution in [0.2, 0.25) is 10.0 Å². The molecule has 1 aromatic carbocycles. The van der Waals surface area contributed by atoms with Crippen LogP contribution >= 0.6 is 39.1 Å². The predicted octanol–water partition coefficient (Wildman–Crippen LogP) is 5.00. The van der Waals surface area contributed by atoms with E-state index in [-0.39, 0.29) is 18.0 Å². The molecule has 0 radical (unpaired) electrons. The fraction of sp³-hybridized carbons (Fsp3) is 0.105. The second kappa shape index (κ2) is 9.15. The van der Waals surface area contributed by atoms with Gasteiger partial charge in [-0.15, -0.1) is 0 Å². The number of nitrogens with one attached hydrogen (secondary N) is 1. The summed E-state index contributed by atoms with van der Waals surface area (Å²) in [5, 5.41) is 22.7. The number of hydrogen-bond acceptors (Lipinski definition) is 6. The number of amides is 1. The third kappa shape index (κ3) is 5.01. The molecular formula is C19H13BrCl2N6O4. The summed E-state index contributed by atoms with van der Waals surface area (Å²) in [5.74, 6) is 0.276. The lowest BCUT2D eigenvalue weighted by molar-refractivity contribution is -0.385. The highest BCUT2D eigenvalue weighted by Gasteiger charge is 2.17. The van der Waals surface area contributed by atoms with E-state index in [4.69, 9.17) is 27.6 Å². The van der Waals surface area contributed by atoms with E-state index in [1.807, 2.05) is 0 Å². The van der Waals surface area contributed by atoms with E-state index in [1.54, 1.807) is 35.1 Å². The van der Waals surface area contributed by atoms with Crippen molar-refractivity contribution < 1.29 is 14.1 Å². The normalized spacial score (nSPS) is 11.0. The standard InChI is InChI=1S/C19H13BrCl2N6O4/c20-15-10-27(7-11-1-2-12(21)5-16(11)22)25-18(15)24-19(29)17-4-3-14(32-17)9-26-8-13(6-23-26)28(30)31/h1-6,8,10H,7,9H2,(H,24,25,29). The molecule has 0 aliphatic rings. The zero-order valence-corrected chi connectivity index (χ0v) is 19.1. The summed E-state index contributed by atoms with van der Waals surface area (Å²) in [6.07, 6.45) is 4.12. The van der Waals surface area contributed by atoms with Gasteiger partial charge in [-0.05, 0) is 45.8 Å². The van der Waals surface area contributed by atoms with Gasteiger partial charge in [-0.25, -0.2) is 0 Å². The monoisotopic (exact) mass is 538 g/mol. The van der Waals surface area contributed by atoms with Crippen molar-refractivity contribution in [3.8, 4) is 0 Å². The van der Waals surface area contributed by atoms with Gasteiger partial charge in [0.25, 0.3) is 5.91 Å². The zero-order chi connectivity index (χ0) is 22.8. The first kappa shape index (κ1) is 22.1. The van der Waals surface area contributed by atoms with Crippen LogP contribution in [-0.4, -0.2) is 30.4 Å². The molecule has 10 nitrogen and oxygen atoms in total. The van der Waals surface area contributed by atoms with E-state index in [9.17, 15) is 14.9 Å². The minimum Gasteiger partial charge on any atom is -0.454 e. The van der Waals surface area contributed by atoms with Crippen LogP contribution in [-0.2, 0) is 13.1 Å². The highest BCUT2D eigenvalue weighted by Crippen LogP contribution is 2.25. The molecule has 13 heteroatoms. The van der Waals surface area contributed by atoms with Gasteiger partial charge in [0, 0.05) is 16.2 Å². The van der Waals surface area contributed by atoms with E-state index in [0.717, 1.165) is 11.8 Å². The summed E-state index contributed by atoms with van der Waals surface area (Å²) in [4.78, 5) is 22.8. The summed E-state index contributed by atoms with van der Waals surface area (Å²) in [6.45, 7) is 0.521. The first-order valence-electron chi connectivity index (χ1n) is 9.02. The lowest BCUT2D eigenvalue weighted by atomic mass is 10.2. The number of halogens is 3. The largest absolute Gasteiger partial charge is 0.454 e. The average molecular weight is 540 g/mol. The number of benzene rings is 1. The highest BCUT2D eigenvalue weighted by atomic mass is 79.9. The smallest absolute Gasteiger partial charge is 0.307 e. The minimum atomic E-state index is -0.539. The molecule has 0 saturated heterocycles. The SMILES string of the molecule is O=C(Nc1nn(Cc2ccc(Cl)cc2Cl)cc1Br)c1ccc(Cn2cc([N+](=O)[O-])cn2)o1. The van der Waals surface area contributed by atoms with E-state index in [0.29, 0.717) is 32.6 Å². The molecule has 164 valence electrons. The Bertz CT molecular complexity index is 1310. The molecule has 32 heavy (non-hydrogen) atoms. The third-order valence-electron chi connectivity index (χ3n) is 4.33. The molecule has 3 aromatic heterocycles. The molecule has 1 N–H and O–H groups in total. The molecule has 0 bridgehead atoms. The molecule has 0 atom stereocenters. The number of anilines is 1. The van der Waals surface area contributed by atoms with Crippen molar-refractivity contribution in [3.63, 3.8) is 0 Å². The first-order valence-corrected chi connectivity index (χ1v) is 10.6. The molecular weight excluding hydrogens is 527 g/mol. The molecule has 0 unspecified atom stereocenters. The van der Waals surface area contributed by atoms with Crippen molar-refractivity contribution in [1.29, 1.82) is 0 Å². The topological polar surface area (TPSA) is 121 Å². The predicted molar refractivity (Wildman–Crippen MR) is 120 cm³/mol. The van der Waals surface area contributed by atoms with E-state index >= 15 is 0 Å². The number of aromatic nitrogens is 4. The van der Waals surface area contributed by atoms with Gasteiger partial charge < -0.3 is 9.73 Å². The van der Waals surface area contributed by atoms with Crippen molar-refractivity contribution in [2.45, 2.75) is 13.1 Å². The Morgan fingerprint density at radius 1 is 1.19 bits per heavy atom. The van der Waals surface area contributed by atoms with Gasteiger partial charge >= 0.3 is 5.69 Å². The van der Waals surface area contributed by atoms with Crippen LogP contribution < -0.4 is 5.32 Å². The van der Waals surface area contributed by atoms with Crippen molar-refractivity contribution in [3.05, 3.63) is 90.6 Å². The molecule has 1 amide bonds. The zero-order valence-electron chi connectivity index (χ0n) is 16.0. The van der Waals surface area contributed by atoms with E-state index in [2.05, 4.69) is 31.4 Å². The number of carbonyl (C=O) groups excluding carboxylic acids is 1. The first-order chi connectivity index (χ1) is 15.3. The molecule has 0 saturated carbocycles. The van der Waals surface area contributed by atoms with Crippen LogP contribution in [0, 0.1) is 10.1 Å². The van der Waals surface area contributed by atoms with Crippen LogP contribution in [0.5, 0.6) is 0 Å². The van der Waals surface area contributed by atoms with Gasteiger partial charge in [0.15, 0.2) is 11.6 Å². The molecule has 4 rings (SSSR count). The van der Waals surface area contributed by atoms with Crippen LogP contribution in [0.1, 0.15) is 21.9 Å². The van der Waals surface area contributed by atoms with Gasteiger partial charge in [0.2, 0.25) is 0 Å². The van der Waals surface area contributed by atoms with Crippen LogP contribution in [0.25, 0.3) is 0 Å². The van der Waals surface area contributed by atoms with E-state index < -0.39 is 10.8 Å². The lowest BCUT2D eigenvalue weighted by Crippen LogP contribution is -2.12. The maximum atomic E-state index is 12.6. The summed E-state index contributed by atoms with van der Waals surface area (Å²) in [6, 6.07) is 8.28. The molecule has 4 aromatic rings. The Kier molecular flexibility index (Phi) is 6.31. The fourth-order valence-corrected chi connectivity index (χ4v) is 3.72. The molecule has 0 fully saturated rings. The number of hydrogen-bond donors (Lipinski definition) is 1. The van der Waals surface area contributed by atoms with Crippen molar-refractivity contribution in [2.75, 3.05) is 5.32 Å². The number of carbonyl (C=O) groups is 1. The summed E-state index contributed by atoms with van der Waals surface area (Å²) in [5.41, 5.74) is 0.688. The van der Waals surface area contributed by atoms with Crippen molar-refractivity contribution in [2.24, 2.45) is 0 Å². The number of rotatable bonds is 7. The molecule has 0 aliphatic carbocycles. The van der Waals surface area contributed by atoms with Crippen LogP contribution in [0.4, 0.5) is 11.5 Å². The maximum Gasteiger partial charge on any atom is 0.307 e. The Labute approximate surface area is 199 Å². The third-order valence-corrected chi connectivity index (χ3v) is 5.50. The molecule has 3 heterocycles. The Morgan fingerprint density at radius 2 is 2.00 bits per heavy atom. The molecule has 0 aliphatic heterocycles. The Balaban J connectivity index is 1.42. The fourth-order valence-electron chi connectivity index (χ4n) is 2.83. The lowest BCUT2D eigenvalue weighted by Gasteiger charge is -2.05. The highest BCUT2D eigenvalue weighted by molar-refractivity contribution is 9.10. The van der Waals surface area contributed by atoms with Gasteiger partial charge in [0.05, 0.1) is 22.5 Å². The molecule has 0 spiro atoms. The van der Waals surface area contributed by atoms with Gasteiger partial charge in [-0.1, -0.05) is 29.3 Å². The quantitative estimate of drug-likeness (QED) is 0.260. The maximum absolute atomic E-state index is 12.6. The van der Waals surface area contributed by atoms with Crippen molar-refractivity contribution >= 4 is 56.5 Å². The number of nitrogens with zero attached hydrogens (tertiary/aromatic N) is 5. The second-order valence-electron chi connectivity index (χ2n) is 6.63. The second-order valence-corrected chi connectivity index (χ2v) is 8.33. The van der Waals surface area contributed by atoms with Crippen LogP contribution in [0.3, 0.4) is 0 Å². The Morgan fingerprint density at radius 3 is 2.72 bits per heavy atom.